The average Bonchev–Trinajstić information content (AvgIpc) is 2.91. The Morgan fingerprint density at radius 2 is 2.12 bits per heavy atom. The number of methoxy groups -OCH3 is 1. The Kier molecular flexibility index (Phi) is 2.29. The third-order valence-corrected chi connectivity index (χ3v) is 3.18. The third-order valence-electron chi connectivity index (χ3n) is 3.18. The molecule has 0 bridgehead atoms. The molecule has 0 radical (unpaired) electrons. The van der Waals surface area contributed by atoms with Gasteiger partial charge in [-0.15, -0.1) is 0 Å². The van der Waals surface area contributed by atoms with Crippen molar-refractivity contribution in [2.24, 2.45) is 11.1 Å². The molecule has 16 heavy (non-hydrogen) atoms. The van der Waals surface area contributed by atoms with E-state index in [2.05, 4.69) is 10.5 Å². The fraction of sp³-hybridized carbons (Fsp3) is 0.417. The van der Waals surface area contributed by atoms with Gasteiger partial charge in [0.25, 0.3) is 0 Å². The topological polar surface area (TPSA) is 42.9 Å². The predicted molar refractivity (Wildman–Crippen MR) is 60.8 cm³/mol. The SMILES string of the molecule is COc1ccc(C2=NOC3CNCC23)cc1. The summed E-state index contributed by atoms with van der Waals surface area (Å²) in [6, 6.07) is 7.96. The zero-order chi connectivity index (χ0) is 11.0. The van der Waals surface area contributed by atoms with Crippen LogP contribution in [-0.4, -0.2) is 32.0 Å². The lowest BCUT2D eigenvalue weighted by molar-refractivity contribution is 0.0842. The van der Waals surface area contributed by atoms with Crippen LogP contribution in [0.1, 0.15) is 5.56 Å². The first kappa shape index (κ1) is 9.66. The number of nitrogens with one attached hydrogen (secondary N) is 1. The van der Waals surface area contributed by atoms with E-state index >= 15 is 0 Å². The number of fused-ring (bicyclic) bond motifs is 1. The van der Waals surface area contributed by atoms with Crippen LogP contribution >= 0.6 is 0 Å². The van der Waals surface area contributed by atoms with Crippen LogP contribution in [0, 0.1) is 5.92 Å². The van der Waals surface area contributed by atoms with Gasteiger partial charge >= 0.3 is 0 Å². The van der Waals surface area contributed by atoms with E-state index in [1.165, 1.54) is 0 Å². The number of nitrogens with zero attached hydrogens (tertiary/aromatic N) is 1. The number of hydrogen-bond donors (Lipinski definition) is 1. The minimum absolute atomic E-state index is 0.220. The van der Waals surface area contributed by atoms with Crippen molar-refractivity contribution in [3.63, 3.8) is 0 Å². The maximum atomic E-state index is 5.39. The van der Waals surface area contributed by atoms with Crippen molar-refractivity contribution in [1.29, 1.82) is 0 Å². The smallest absolute Gasteiger partial charge is 0.149 e. The maximum absolute atomic E-state index is 5.39. The van der Waals surface area contributed by atoms with Gasteiger partial charge in [0.15, 0.2) is 0 Å². The largest absolute Gasteiger partial charge is 0.497 e. The normalized spacial score (nSPS) is 27.2. The van der Waals surface area contributed by atoms with Crippen molar-refractivity contribution >= 4 is 5.71 Å². The Morgan fingerprint density at radius 3 is 2.88 bits per heavy atom. The second-order valence-electron chi connectivity index (χ2n) is 4.11. The molecule has 1 saturated heterocycles. The molecule has 0 spiro atoms. The number of ether oxygens (including phenoxy) is 1. The van der Waals surface area contributed by atoms with E-state index in [1.807, 2.05) is 24.3 Å². The third kappa shape index (κ3) is 1.46. The Balaban J connectivity index is 1.86. The molecular formula is C12H14N2O2. The lowest BCUT2D eigenvalue weighted by Gasteiger charge is -2.08. The second-order valence-corrected chi connectivity index (χ2v) is 4.11. The predicted octanol–water partition coefficient (Wildman–Crippen LogP) is 1.02. The first-order valence-electron chi connectivity index (χ1n) is 5.47. The molecule has 4 nitrogen and oxygen atoms in total. The summed E-state index contributed by atoms with van der Waals surface area (Å²) in [5.41, 5.74) is 2.18. The van der Waals surface area contributed by atoms with Crippen LogP contribution in [0.15, 0.2) is 29.4 Å². The molecule has 0 saturated carbocycles. The van der Waals surface area contributed by atoms with E-state index in [0.29, 0.717) is 5.92 Å². The van der Waals surface area contributed by atoms with E-state index in [0.717, 1.165) is 30.1 Å². The average molecular weight is 218 g/mol. The molecule has 3 rings (SSSR count). The van der Waals surface area contributed by atoms with E-state index in [9.17, 15) is 0 Å². The monoisotopic (exact) mass is 218 g/mol. The van der Waals surface area contributed by atoms with Crippen LogP contribution in [0.2, 0.25) is 0 Å². The molecule has 1 aromatic rings. The molecule has 2 aliphatic rings. The standard InChI is InChI=1S/C12H14N2O2/c1-15-9-4-2-8(3-5-9)12-10-6-13-7-11(10)16-14-12/h2-5,10-11,13H,6-7H2,1H3. The Labute approximate surface area is 94.2 Å². The Hall–Kier alpha value is -1.55. The van der Waals surface area contributed by atoms with Gasteiger partial charge in [0.2, 0.25) is 0 Å². The minimum atomic E-state index is 0.220. The summed E-state index contributed by atoms with van der Waals surface area (Å²) in [4.78, 5) is 5.39. The molecule has 2 unspecified atom stereocenters. The lowest BCUT2D eigenvalue weighted by atomic mass is 9.95. The van der Waals surface area contributed by atoms with Crippen molar-refractivity contribution in [3.8, 4) is 5.75 Å². The molecule has 1 fully saturated rings. The number of benzene rings is 1. The zero-order valence-corrected chi connectivity index (χ0v) is 9.14. The van der Waals surface area contributed by atoms with Crippen LogP contribution in [0.4, 0.5) is 0 Å². The summed E-state index contributed by atoms with van der Waals surface area (Å²) in [7, 11) is 1.67. The molecule has 2 aliphatic heterocycles. The highest BCUT2D eigenvalue weighted by Crippen LogP contribution is 2.26. The molecule has 1 N–H and O–H groups in total. The number of oxime groups is 1. The second kappa shape index (κ2) is 3.79. The highest BCUT2D eigenvalue weighted by atomic mass is 16.6. The first-order chi connectivity index (χ1) is 7.88. The summed E-state index contributed by atoms with van der Waals surface area (Å²) >= 11 is 0. The fourth-order valence-electron chi connectivity index (χ4n) is 2.26. The van der Waals surface area contributed by atoms with Crippen molar-refractivity contribution in [3.05, 3.63) is 29.8 Å². The van der Waals surface area contributed by atoms with Gasteiger partial charge in [0.1, 0.15) is 11.9 Å². The van der Waals surface area contributed by atoms with Crippen LogP contribution < -0.4 is 10.1 Å². The van der Waals surface area contributed by atoms with Gasteiger partial charge < -0.3 is 14.9 Å². The van der Waals surface area contributed by atoms with E-state index in [1.54, 1.807) is 7.11 Å². The van der Waals surface area contributed by atoms with Crippen molar-refractivity contribution in [1.82, 2.24) is 5.32 Å². The van der Waals surface area contributed by atoms with Gasteiger partial charge in [0.05, 0.1) is 18.7 Å². The van der Waals surface area contributed by atoms with Gasteiger partial charge in [-0.1, -0.05) is 5.16 Å². The summed E-state index contributed by atoms with van der Waals surface area (Å²) in [5, 5.41) is 7.50. The summed E-state index contributed by atoms with van der Waals surface area (Å²) in [5.74, 6) is 1.26. The molecule has 2 atom stereocenters. The Bertz CT molecular complexity index is 414. The molecule has 0 aliphatic carbocycles. The van der Waals surface area contributed by atoms with Gasteiger partial charge in [-0.2, -0.15) is 0 Å². The molecule has 0 aromatic heterocycles. The molecule has 4 heteroatoms. The van der Waals surface area contributed by atoms with Crippen LogP contribution in [0.25, 0.3) is 0 Å². The molecule has 0 amide bonds. The lowest BCUT2D eigenvalue weighted by Crippen LogP contribution is -2.21. The summed E-state index contributed by atoms with van der Waals surface area (Å²) in [6.45, 7) is 1.85. The molecule has 2 heterocycles. The van der Waals surface area contributed by atoms with Crippen molar-refractivity contribution in [2.45, 2.75) is 6.10 Å². The van der Waals surface area contributed by atoms with E-state index < -0.39 is 0 Å². The minimum Gasteiger partial charge on any atom is -0.497 e. The van der Waals surface area contributed by atoms with Gasteiger partial charge in [-0.25, -0.2) is 0 Å². The zero-order valence-electron chi connectivity index (χ0n) is 9.14. The van der Waals surface area contributed by atoms with Gasteiger partial charge in [0, 0.05) is 18.7 Å². The van der Waals surface area contributed by atoms with Gasteiger partial charge in [-0.3, -0.25) is 0 Å². The summed E-state index contributed by atoms with van der Waals surface area (Å²) in [6.07, 6.45) is 0.220. The van der Waals surface area contributed by atoms with E-state index in [4.69, 9.17) is 9.57 Å². The van der Waals surface area contributed by atoms with Gasteiger partial charge in [-0.05, 0) is 24.3 Å². The Morgan fingerprint density at radius 1 is 1.31 bits per heavy atom. The van der Waals surface area contributed by atoms with Crippen molar-refractivity contribution in [2.75, 3.05) is 20.2 Å². The quantitative estimate of drug-likeness (QED) is 0.805. The fourth-order valence-corrected chi connectivity index (χ4v) is 2.26. The van der Waals surface area contributed by atoms with E-state index in [-0.39, 0.29) is 6.10 Å². The molecule has 84 valence electrons. The summed E-state index contributed by atoms with van der Waals surface area (Å²) < 4.78 is 5.13. The van der Waals surface area contributed by atoms with Crippen LogP contribution in [-0.2, 0) is 4.84 Å². The number of rotatable bonds is 2. The molecule has 1 aromatic carbocycles. The first-order valence-corrected chi connectivity index (χ1v) is 5.47. The van der Waals surface area contributed by atoms with Crippen LogP contribution in [0.5, 0.6) is 5.75 Å². The highest BCUT2D eigenvalue weighted by molar-refractivity contribution is 6.03. The molecular weight excluding hydrogens is 204 g/mol. The number of hydrogen-bond acceptors (Lipinski definition) is 4. The van der Waals surface area contributed by atoms with Crippen LogP contribution in [0.3, 0.4) is 0 Å². The highest BCUT2D eigenvalue weighted by Gasteiger charge is 2.38. The van der Waals surface area contributed by atoms with Crippen molar-refractivity contribution < 1.29 is 9.57 Å². The maximum Gasteiger partial charge on any atom is 0.149 e.